The lowest BCUT2D eigenvalue weighted by Crippen LogP contribution is -2.48. The summed E-state index contributed by atoms with van der Waals surface area (Å²) in [5.74, 6) is 1.22. The molecule has 0 radical (unpaired) electrons. The molecule has 0 amide bonds. The Morgan fingerprint density at radius 2 is 2.00 bits per heavy atom. The van der Waals surface area contributed by atoms with Crippen LogP contribution in [0.1, 0.15) is 32.3 Å². The molecular weight excluding hydrogens is 254 g/mol. The second-order valence-corrected chi connectivity index (χ2v) is 7.64. The van der Waals surface area contributed by atoms with E-state index in [2.05, 4.69) is 38.2 Å². The van der Waals surface area contributed by atoms with Crippen LogP contribution >= 0.6 is 0 Å². The van der Waals surface area contributed by atoms with Gasteiger partial charge in [-0.3, -0.25) is 4.21 Å². The Kier molecular flexibility index (Phi) is 4.80. The van der Waals surface area contributed by atoms with E-state index in [1.807, 2.05) is 19.2 Å². The molecule has 1 N–H and O–H groups in total. The molecule has 106 valence electrons. The van der Waals surface area contributed by atoms with Gasteiger partial charge in [0.25, 0.3) is 0 Å². The minimum Gasteiger partial charge on any atom is -0.316 e. The maximum absolute atomic E-state index is 12.9. The first-order valence-corrected chi connectivity index (χ1v) is 8.38. The van der Waals surface area contributed by atoms with Crippen LogP contribution in [0.15, 0.2) is 29.2 Å². The minimum atomic E-state index is -0.918. The summed E-state index contributed by atoms with van der Waals surface area (Å²) in [6.07, 6.45) is 2.31. The quantitative estimate of drug-likeness (QED) is 0.921. The van der Waals surface area contributed by atoms with E-state index >= 15 is 0 Å². The molecule has 1 aromatic carbocycles. The zero-order valence-corrected chi connectivity index (χ0v) is 13.2. The van der Waals surface area contributed by atoms with Crippen molar-refractivity contribution < 1.29 is 4.21 Å². The normalized spacial score (nSPS) is 33.1. The van der Waals surface area contributed by atoms with Crippen LogP contribution in [-0.4, -0.2) is 22.5 Å². The molecule has 0 heterocycles. The standard InChI is InChI=1S/C16H25NOS/c1-11-6-5-7-14(9-11)19(18)16-13(3)8-12(2)10-15(16)17-4/h5-7,9,12-13,15-17H,8,10H2,1-4H3. The van der Waals surface area contributed by atoms with Crippen molar-refractivity contribution in [1.29, 1.82) is 0 Å². The van der Waals surface area contributed by atoms with Crippen LogP contribution in [0.25, 0.3) is 0 Å². The van der Waals surface area contributed by atoms with Crippen molar-refractivity contribution in [3.63, 3.8) is 0 Å². The average molecular weight is 279 g/mol. The largest absolute Gasteiger partial charge is 0.316 e. The summed E-state index contributed by atoms with van der Waals surface area (Å²) in [6, 6.07) is 8.49. The summed E-state index contributed by atoms with van der Waals surface area (Å²) < 4.78 is 12.9. The van der Waals surface area contributed by atoms with Gasteiger partial charge in [0.1, 0.15) is 0 Å². The lowest BCUT2D eigenvalue weighted by Gasteiger charge is -2.38. The lowest BCUT2D eigenvalue weighted by atomic mass is 9.80. The molecule has 5 unspecified atom stereocenters. The second-order valence-electron chi connectivity index (χ2n) is 6.03. The Balaban J connectivity index is 2.25. The molecule has 1 aliphatic rings. The highest BCUT2D eigenvalue weighted by molar-refractivity contribution is 7.85. The van der Waals surface area contributed by atoms with Gasteiger partial charge in [-0.15, -0.1) is 0 Å². The fourth-order valence-electron chi connectivity index (χ4n) is 3.37. The lowest BCUT2D eigenvalue weighted by molar-refractivity contribution is 0.253. The second kappa shape index (κ2) is 6.19. The van der Waals surface area contributed by atoms with Gasteiger partial charge in [-0.05, 0) is 56.3 Å². The molecule has 0 spiro atoms. The van der Waals surface area contributed by atoms with E-state index < -0.39 is 10.8 Å². The van der Waals surface area contributed by atoms with Crippen LogP contribution in [0.2, 0.25) is 0 Å². The summed E-state index contributed by atoms with van der Waals surface area (Å²) >= 11 is 0. The highest BCUT2D eigenvalue weighted by Gasteiger charge is 2.37. The van der Waals surface area contributed by atoms with E-state index in [9.17, 15) is 4.21 Å². The topological polar surface area (TPSA) is 29.1 Å². The minimum absolute atomic E-state index is 0.225. The third-order valence-corrected chi connectivity index (χ3v) is 6.23. The monoisotopic (exact) mass is 279 g/mol. The van der Waals surface area contributed by atoms with Gasteiger partial charge in [0.2, 0.25) is 0 Å². The maximum Gasteiger partial charge on any atom is 0.0579 e. The number of hydrogen-bond acceptors (Lipinski definition) is 2. The Morgan fingerprint density at radius 1 is 1.26 bits per heavy atom. The van der Waals surface area contributed by atoms with E-state index in [1.54, 1.807) is 0 Å². The third-order valence-electron chi connectivity index (χ3n) is 4.23. The van der Waals surface area contributed by atoms with Crippen molar-refractivity contribution in [2.24, 2.45) is 11.8 Å². The first-order chi connectivity index (χ1) is 9.02. The van der Waals surface area contributed by atoms with Crippen molar-refractivity contribution >= 4 is 10.8 Å². The van der Waals surface area contributed by atoms with Gasteiger partial charge in [-0.25, -0.2) is 0 Å². The van der Waals surface area contributed by atoms with Gasteiger partial charge in [-0.1, -0.05) is 26.0 Å². The molecule has 1 aromatic rings. The highest BCUT2D eigenvalue weighted by atomic mass is 32.2. The molecule has 0 aliphatic heterocycles. The molecule has 2 rings (SSSR count). The van der Waals surface area contributed by atoms with Crippen LogP contribution in [0.5, 0.6) is 0 Å². The SMILES string of the molecule is CNC1CC(C)CC(C)C1S(=O)c1cccc(C)c1. The number of aryl methyl sites for hydroxylation is 1. The van der Waals surface area contributed by atoms with Gasteiger partial charge in [-0.2, -0.15) is 0 Å². The predicted octanol–water partition coefficient (Wildman–Crippen LogP) is 3.13. The molecule has 0 aromatic heterocycles. The Labute approximate surface area is 119 Å². The van der Waals surface area contributed by atoms with E-state index in [-0.39, 0.29) is 5.25 Å². The first kappa shape index (κ1) is 14.7. The molecule has 0 bridgehead atoms. The molecule has 5 atom stereocenters. The van der Waals surface area contributed by atoms with Crippen molar-refractivity contribution in [2.45, 2.75) is 49.8 Å². The van der Waals surface area contributed by atoms with Crippen molar-refractivity contribution in [1.82, 2.24) is 5.32 Å². The fourth-order valence-corrected chi connectivity index (χ4v) is 5.28. The summed E-state index contributed by atoms with van der Waals surface area (Å²) in [7, 11) is 1.08. The van der Waals surface area contributed by atoms with Crippen molar-refractivity contribution in [3.05, 3.63) is 29.8 Å². The molecular formula is C16H25NOS. The van der Waals surface area contributed by atoms with Gasteiger partial charge >= 0.3 is 0 Å². The van der Waals surface area contributed by atoms with E-state index in [0.717, 1.165) is 17.2 Å². The van der Waals surface area contributed by atoms with Crippen LogP contribution < -0.4 is 5.32 Å². The molecule has 1 aliphatic carbocycles. The van der Waals surface area contributed by atoms with Gasteiger partial charge in [0.05, 0.1) is 16.0 Å². The maximum atomic E-state index is 12.9. The molecule has 1 fully saturated rings. The molecule has 0 saturated heterocycles. The Morgan fingerprint density at radius 3 is 2.63 bits per heavy atom. The fraction of sp³-hybridized carbons (Fsp3) is 0.625. The van der Waals surface area contributed by atoms with Crippen LogP contribution in [-0.2, 0) is 10.8 Å². The van der Waals surface area contributed by atoms with Crippen molar-refractivity contribution in [3.8, 4) is 0 Å². The zero-order chi connectivity index (χ0) is 14.0. The first-order valence-electron chi connectivity index (χ1n) is 7.17. The Bertz CT molecular complexity index is 460. The smallest absolute Gasteiger partial charge is 0.0579 e. The van der Waals surface area contributed by atoms with E-state index in [0.29, 0.717) is 12.0 Å². The average Bonchev–Trinajstić information content (AvgIpc) is 2.37. The molecule has 19 heavy (non-hydrogen) atoms. The van der Waals surface area contributed by atoms with Crippen LogP contribution in [0, 0.1) is 18.8 Å². The molecule has 3 heteroatoms. The molecule has 2 nitrogen and oxygen atoms in total. The van der Waals surface area contributed by atoms with Crippen LogP contribution in [0.3, 0.4) is 0 Å². The summed E-state index contributed by atoms with van der Waals surface area (Å²) in [5, 5.41) is 3.61. The molecule has 1 saturated carbocycles. The van der Waals surface area contributed by atoms with Crippen molar-refractivity contribution in [2.75, 3.05) is 7.05 Å². The summed E-state index contributed by atoms with van der Waals surface area (Å²) in [6.45, 7) is 6.60. The number of benzene rings is 1. The zero-order valence-electron chi connectivity index (χ0n) is 12.3. The summed E-state index contributed by atoms with van der Waals surface area (Å²) in [4.78, 5) is 0.978. The highest BCUT2D eigenvalue weighted by Crippen LogP contribution is 2.34. The van der Waals surface area contributed by atoms with Gasteiger partial charge in [0.15, 0.2) is 0 Å². The third kappa shape index (κ3) is 3.26. The predicted molar refractivity (Wildman–Crippen MR) is 81.8 cm³/mol. The summed E-state index contributed by atoms with van der Waals surface area (Å²) in [5.41, 5.74) is 1.18. The number of hydrogen-bond donors (Lipinski definition) is 1. The van der Waals surface area contributed by atoms with Crippen LogP contribution in [0.4, 0.5) is 0 Å². The Hall–Kier alpha value is -0.670. The van der Waals surface area contributed by atoms with E-state index in [4.69, 9.17) is 0 Å². The van der Waals surface area contributed by atoms with Gasteiger partial charge in [0, 0.05) is 10.9 Å². The number of rotatable bonds is 3. The van der Waals surface area contributed by atoms with E-state index in [1.165, 1.54) is 12.0 Å². The number of nitrogens with one attached hydrogen (secondary N) is 1. The van der Waals surface area contributed by atoms with Gasteiger partial charge < -0.3 is 5.32 Å².